The molecule has 4 atom stereocenters. The molecular formula is C26H35NO4S. The number of unbranched alkanes of at least 4 members (excludes halogenated alkanes) is 1. The average Bonchev–Trinajstić information content (AvgIpc) is 2.83. The molecule has 0 radical (unpaired) electrons. The van der Waals surface area contributed by atoms with E-state index in [2.05, 4.69) is 26.1 Å². The molecule has 0 bridgehead atoms. The minimum absolute atomic E-state index is 0.195. The van der Waals surface area contributed by atoms with Crippen molar-refractivity contribution in [2.75, 3.05) is 13.2 Å². The molecule has 0 spiro atoms. The third kappa shape index (κ3) is 6.59. The summed E-state index contributed by atoms with van der Waals surface area (Å²) in [7, 11) is -1.39. The van der Waals surface area contributed by atoms with Crippen molar-refractivity contribution in [1.29, 1.82) is 0 Å². The van der Waals surface area contributed by atoms with Gasteiger partial charge in [0.25, 0.3) is 0 Å². The molecule has 5 nitrogen and oxygen atoms in total. The number of hydrogen-bond donors (Lipinski definition) is 2. The van der Waals surface area contributed by atoms with E-state index in [-0.39, 0.29) is 12.6 Å². The standard InChI is InChI=1S/C26H35NO4S/c1-4-5-15-27-25-24(32(29)23-13-11-21(12-14-23)19(2)3)16-22(17-28)31-26(25)30-18-20-9-7-6-8-10-20/h6-14,16,19,22,25-28H,4-5,15,17-18H2,1-3H3/t22-,25?,26-,32?/m0/s1. The second-order valence-corrected chi connectivity index (χ2v) is 9.85. The molecule has 0 saturated carbocycles. The van der Waals surface area contributed by atoms with Gasteiger partial charge in [0, 0.05) is 9.80 Å². The lowest BCUT2D eigenvalue weighted by Crippen LogP contribution is -2.50. The van der Waals surface area contributed by atoms with Gasteiger partial charge in [0.05, 0.1) is 30.1 Å². The van der Waals surface area contributed by atoms with Gasteiger partial charge in [-0.25, -0.2) is 4.21 Å². The second-order valence-electron chi connectivity index (χ2n) is 8.37. The Labute approximate surface area is 194 Å². The van der Waals surface area contributed by atoms with Gasteiger partial charge in [0.1, 0.15) is 6.10 Å². The SMILES string of the molecule is CCCCNC1C(S(=O)c2ccc(C(C)C)cc2)=C[C@@H](CO)O[C@@H]1OCc1ccccc1. The molecule has 32 heavy (non-hydrogen) atoms. The zero-order valence-corrected chi connectivity index (χ0v) is 20.0. The predicted octanol–water partition coefficient (Wildman–Crippen LogP) is 4.49. The molecule has 1 heterocycles. The average molecular weight is 458 g/mol. The Hall–Kier alpha value is -1.83. The Bertz CT molecular complexity index is 882. The highest BCUT2D eigenvalue weighted by Gasteiger charge is 2.36. The van der Waals surface area contributed by atoms with Crippen LogP contribution in [-0.4, -0.2) is 40.9 Å². The summed E-state index contributed by atoms with van der Waals surface area (Å²) < 4.78 is 25.8. The fourth-order valence-corrected chi connectivity index (χ4v) is 4.97. The van der Waals surface area contributed by atoms with Crippen molar-refractivity contribution in [3.8, 4) is 0 Å². The molecule has 0 fully saturated rings. The first-order valence-corrected chi connectivity index (χ1v) is 12.6. The van der Waals surface area contributed by atoms with Gasteiger partial charge in [-0.05, 0) is 48.2 Å². The lowest BCUT2D eigenvalue weighted by atomic mass is 10.0. The monoisotopic (exact) mass is 457 g/mol. The number of ether oxygens (including phenoxy) is 2. The van der Waals surface area contributed by atoms with Crippen molar-refractivity contribution >= 4 is 10.8 Å². The van der Waals surface area contributed by atoms with E-state index in [1.165, 1.54) is 5.56 Å². The number of aliphatic hydroxyl groups excluding tert-OH is 1. The molecule has 174 valence electrons. The van der Waals surface area contributed by atoms with Gasteiger partial charge in [-0.1, -0.05) is 69.7 Å². The van der Waals surface area contributed by atoms with Gasteiger partial charge < -0.3 is 19.9 Å². The maximum atomic E-state index is 13.6. The first kappa shape index (κ1) is 24.8. The normalized spacial score (nSPS) is 22.0. The third-order valence-corrected chi connectivity index (χ3v) is 7.06. The van der Waals surface area contributed by atoms with E-state index in [1.54, 1.807) is 6.08 Å². The van der Waals surface area contributed by atoms with E-state index in [0.29, 0.717) is 17.4 Å². The van der Waals surface area contributed by atoms with E-state index >= 15 is 0 Å². The van der Waals surface area contributed by atoms with Crippen LogP contribution in [0.15, 0.2) is 70.5 Å². The van der Waals surface area contributed by atoms with Gasteiger partial charge in [-0.2, -0.15) is 0 Å². The highest BCUT2D eigenvalue weighted by Crippen LogP contribution is 2.28. The molecule has 2 N–H and O–H groups in total. The van der Waals surface area contributed by atoms with Crippen LogP contribution in [0.25, 0.3) is 0 Å². The summed E-state index contributed by atoms with van der Waals surface area (Å²) in [4.78, 5) is 1.44. The maximum Gasteiger partial charge on any atom is 0.178 e. The highest BCUT2D eigenvalue weighted by molar-refractivity contribution is 7.89. The van der Waals surface area contributed by atoms with Crippen molar-refractivity contribution in [3.63, 3.8) is 0 Å². The second kappa shape index (κ2) is 12.4. The molecule has 0 aliphatic carbocycles. The van der Waals surface area contributed by atoms with E-state index in [0.717, 1.165) is 29.8 Å². The van der Waals surface area contributed by atoms with Crippen molar-refractivity contribution in [2.45, 2.75) is 69.5 Å². The number of benzene rings is 2. The molecular weight excluding hydrogens is 422 g/mol. The van der Waals surface area contributed by atoms with Gasteiger partial charge in [0.15, 0.2) is 6.29 Å². The summed E-state index contributed by atoms with van der Waals surface area (Å²) in [6.45, 7) is 7.36. The van der Waals surface area contributed by atoms with Crippen LogP contribution in [-0.2, 0) is 26.9 Å². The molecule has 6 heteroatoms. The number of nitrogens with one attached hydrogen (secondary N) is 1. The zero-order valence-electron chi connectivity index (χ0n) is 19.2. The van der Waals surface area contributed by atoms with E-state index in [1.807, 2.05) is 54.6 Å². The van der Waals surface area contributed by atoms with Gasteiger partial charge in [-0.15, -0.1) is 0 Å². The van der Waals surface area contributed by atoms with Gasteiger partial charge >= 0.3 is 0 Å². The van der Waals surface area contributed by atoms with Crippen molar-refractivity contribution in [2.24, 2.45) is 0 Å². The molecule has 2 aromatic carbocycles. The van der Waals surface area contributed by atoms with Crippen LogP contribution in [0.1, 0.15) is 50.7 Å². The Kier molecular flexibility index (Phi) is 9.63. The van der Waals surface area contributed by atoms with E-state index < -0.39 is 23.2 Å². The summed E-state index contributed by atoms with van der Waals surface area (Å²) in [6.07, 6.45) is 2.62. The molecule has 2 aromatic rings. The van der Waals surface area contributed by atoms with Crippen molar-refractivity contribution < 1.29 is 18.8 Å². The summed E-state index contributed by atoms with van der Waals surface area (Å²) in [5, 5.41) is 13.3. The van der Waals surface area contributed by atoms with Gasteiger partial charge in [-0.3, -0.25) is 0 Å². The zero-order chi connectivity index (χ0) is 22.9. The number of aliphatic hydroxyl groups is 1. The Morgan fingerprint density at radius 1 is 1.12 bits per heavy atom. The van der Waals surface area contributed by atoms with E-state index in [4.69, 9.17) is 9.47 Å². The lowest BCUT2D eigenvalue weighted by molar-refractivity contribution is -0.188. The van der Waals surface area contributed by atoms with Crippen LogP contribution in [0.2, 0.25) is 0 Å². The summed E-state index contributed by atoms with van der Waals surface area (Å²) in [5.41, 5.74) is 2.24. The largest absolute Gasteiger partial charge is 0.393 e. The Balaban J connectivity index is 1.85. The molecule has 0 saturated heterocycles. The minimum Gasteiger partial charge on any atom is -0.393 e. The number of hydrogen-bond acceptors (Lipinski definition) is 5. The first-order chi connectivity index (χ1) is 15.5. The molecule has 3 rings (SSSR count). The van der Waals surface area contributed by atoms with Gasteiger partial charge in [0.2, 0.25) is 0 Å². The van der Waals surface area contributed by atoms with Crippen LogP contribution >= 0.6 is 0 Å². The van der Waals surface area contributed by atoms with Crippen molar-refractivity contribution in [3.05, 3.63) is 76.7 Å². The van der Waals surface area contributed by atoms with Crippen LogP contribution in [0, 0.1) is 0 Å². The highest BCUT2D eigenvalue weighted by atomic mass is 32.2. The topological polar surface area (TPSA) is 67.8 Å². The number of rotatable bonds is 11. The third-order valence-electron chi connectivity index (χ3n) is 5.54. The van der Waals surface area contributed by atoms with Crippen LogP contribution < -0.4 is 5.32 Å². The fourth-order valence-electron chi connectivity index (χ4n) is 3.62. The molecule has 1 aliphatic heterocycles. The van der Waals surface area contributed by atoms with E-state index in [9.17, 15) is 9.32 Å². The molecule has 2 unspecified atom stereocenters. The van der Waals surface area contributed by atoms with Crippen LogP contribution in [0.4, 0.5) is 0 Å². The fraction of sp³-hybridized carbons (Fsp3) is 0.462. The summed E-state index contributed by atoms with van der Waals surface area (Å²) in [5.74, 6) is 0.415. The molecule has 0 aromatic heterocycles. The first-order valence-electron chi connectivity index (χ1n) is 11.4. The lowest BCUT2D eigenvalue weighted by Gasteiger charge is -2.36. The summed E-state index contributed by atoms with van der Waals surface area (Å²) >= 11 is 0. The minimum atomic E-state index is -1.39. The van der Waals surface area contributed by atoms with Crippen LogP contribution in [0.3, 0.4) is 0 Å². The Morgan fingerprint density at radius 2 is 1.84 bits per heavy atom. The quantitative estimate of drug-likeness (QED) is 0.487. The van der Waals surface area contributed by atoms with Crippen LogP contribution in [0.5, 0.6) is 0 Å². The summed E-state index contributed by atoms with van der Waals surface area (Å²) in [6, 6.07) is 17.5. The predicted molar refractivity (Wildman–Crippen MR) is 129 cm³/mol. The Morgan fingerprint density at radius 3 is 2.47 bits per heavy atom. The molecule has 0 amide bonds. The van der Waals surface area contributed by atoms with Crippen molar-refractivity contribution in [1.82, 2.24) is 5.32 Å². The smallest absolute Gasteiger partial charge is 0.178 e. The molecule has 1 aliphatic rings. The maximum absolute atomic E-state index is 13.6.